The van der Waals surface area contributed by atoms with Crippen LogP contribution in [0.25, 0.3) is 10.9 Å². The first-order chi connectivity index (χ1) is 9.58. The fourth-order valence-corrected chi connectivity index (χ4v) is 2.94. The maximum Gasteiger partial charge on any atom is 0.194 e. The third-order valence-corrected chi connectivity index (χ3v) is 4.39. The van der Waals surface area contributed by atoms with Crippen LogP contribution in [0.1, 0.15) is 43.0 Å². The lowest BCUT2D eigenvalue weighted by Crippen LogP contribution is -2.41. The van der Waals surface area contributed by atoms with Gasteiger partial charge in [-0.05, 0) is 43.7 Å². The van der Waals surface area contributed by atoms with Crippen molar-refractivity contribution < 1.29 is 9.90 Å². The highest BCUT2D eigenvalue weighted by Crippen LogP contribution is 2.34. The van der Waals surface area contributed by atoms with Gasteiger partial charge in [-0.25, -0.2) is 0 Å². The molecule has 0 spiro atoms. The molecule has 0 saturated heterocycles. The van der Waals surface area contributed by atoms with Crippen LogP contribution in [0, 0.1) is 5.92 Å². The molecule has 3 rings (SSSR count). The number of ketones is 1. The second-order valence-electron chi connectivity index (χ2n) is 5.95. The van der Waals surface area contributed by atoms with Crippen molar-refractivity contribution in [3.63, 3.8) is 0 Å². The molecule has 20 heavy (non-hydrogen) atoms. The Morgan fingerprint density at radius 2 is 2.05 bits per heavy atom. The summed E-state index contributed by atoms with van der Waals surface area (Å²) in [6.45, 7) is 2.17. The summed E-state index contributed by atoms with van der Waals surface area (Å²) >= 11 is 0. The van der Waals surface area contributed by atoms with Crippen molar-refractivity contribution in [2.45, 2.75) is 38.2 Å². The van der Waals surface area contributed by atoms with E-state index in [1.165, 1.54) is 0 Å². The molecule has 1 aromatic carbocycles. The summed E-state index contributed by atoms with van der Waals surface area (Å²) in [6.07, 6.45) is 4.66. The average molecular weight is 269 g/mol. The topological polar surface area (TPSA) is 50.2 Å². The van der Waals surface area contributed by atoms with Crippen LogP contribution < -0.4 is 0 Å². The molecule has 3 nitrogen and oxygen atoms in total. The Morgan fingerprint density at radius 3 is 2.80 bits per heavy atom. The normalized spacial score (nSPS) is 26.6. The molecule has 0 aliphatic heterocycles. The van der Waals surface area contributed by atoms with E-state index in [1.807, 2.05) is 18.2 Å². The van der Waals surface area contributed by atoms with Crippen LogP contribution in [0.2, 0.25) is 0 Å². The largest absolute Gasteiger partial charge is 0.382 e. The van der Waals surface area contributed by atoms with Gasteiger partial charge in [0.2, 0.25) is 0 Å². The number of nitrogens with zero attached hydrogens (tertiary/aromatic N) is 1. The van der Waals surface area contributed by atoms with E-state index in [1.54, 1.807) is 18.3 Å². The molecule has 0 amide bonds. The number of carbonyl (C=O) groups is 1. The highest BCUT2D eigenvalue weighted by atomic mass is 16.3. The molecule has 2 aromatic rings. The van der Waals surface area contributed by atoms with Gasteiger partial charge in [-0.15, -0.1) is 0 Å². The lowest BCUT2D eigenvalue weighted by atomic mass is 9.76. The van der Waals surface area contributed by atoms with E-state index in [9.17, 15) is 9.90 Å². The second-order valence-corrected chi connectivity index (χ2v) is 5.95. The van der Waals surface area contributed by atoms with Gasteiger partial charge in [0.1, 0.15) is 5.60 Å². The summed E-state index contributed by atoms with van der Waals surface area (Å²) in [7, 11) is 0. The molecule has 1 aromatic heterocycles. The first-order valence-electron chi connectivity index (χ1n) is 7.20. The van der Waals surface area contributed by atoms with E-state index >= 15 is 0 Å². The van der Waals surface area contributed by atoms with Gasteiger partial charge in [-0.1, -0.05) is 25.1 Å². The molecule has 1 aliphatic carbocycles. The minimum atomic E-state index is -1.19. The Balaban J connectivity index is 1.92. The van der Waals surface area contributed by atoms with Crippen LogP contribution in [-0.2, 0) is 0 Å². The van der Waals surface area contributed by atoms with Crippen molar-refractivity contribution in [3.8, 4) is 0 Å². The number of rotatable bonds is 2. The molecule has 0 unspecified atom stereocenters. The maximum atomic E-state index is 12.6. The molecule has 1 aliphatic rings. The number of hydrogen-bond donors (Lipinski definition) is 1. The fraction of sp³-hybridized carbons (Fsp3) is 0.412. The van der Waals surface area contributed by atoms with Crippen LogP contribution in [0.5, 0.6) is 0 Å². The number of fused-ring (bicyclic) bond motifs is 1. The molecule has 0 bridgehead atoms. The van der Waals surface area contributed by atoms with E-state index in [2.05, 4.69) is 11.9 Å². The first-order valence-corrected chi connectivity index (χ1v) is 7.20. The SMILES string of the molecule is CC1CCC(O)(C(=O)c2ccc3cccnc3c2)CC1. The van der Waals surface area contributed by atoms with Crippen molar-refractivity contribution in [3.05, 3.63) is 42.1 Å². The Labute approximate surface area is 118 Å². The molecule has 1 heterocycles. The molecular formula is C17H19NO2. The van der Waals surface area contributed by atoms with E-state index in [0.29, 0.717) is 24.3 Å². The number of carbonyl (C=O) groups excluding carboxylic acids is 1. The Kier molecular flexibility index (Phi) is 3.30. The van der Waals surface area contributed by atoms with E-state index < -0.39 is 5.60 Å². The van der Waals surface area contributed by atoms with Crippen molar-refractivity contribution >= 4 is 16.7 Å². The third kappa shape index (κ3) is 2.34. The van der Waals surface area contributed by atoms with Gasteiger partial charge in [0, 0.05) is 17.1 Å². The Morgan fingerprint density at radius 1 is 1.30 bits per heavy atom. The quantitative estimate of drug-likeness (QED) is 0.850. The summed E-state index contributed by atoms with van der Waals surface area (Å²) < 4.78 is 0. The number of pyridine rings is 1. The number of Topliss-reactive ketones (excluding diaryl/α,β-unsaturated/α-hetero) is 1. The van der Waals surface area contributed by atoms with Gasteiger partial charge in [0.05, 0.1) is 5.52 Å². The summed E-state index contributed by atoms with van der Waals surface area (Å²) in [5, 5.41) is 11.6. The maximum absolute atomic E-state index is 12.6. The van der Waals surface area contributed by atoms with Crippen molar-refractivity contribution in [1.82, 2.24) is 4.98 Å². The first kappa shape index (κ1) is 13.3. The van der Waals surface area contributed by atoms with Gasteiger partial charge < -0.3 is 5.11 Å². The number of benzene rings is 1. The van der Waals surface area contributed by atoms with Crippen molar-refractivity contribution in [2.24, 2.45) is 5.92 Å². The lowest BCUT2D eigenvalue weighted by molar-refractivity contribution is 0.00427. The van der Waals surface area contributed by atoms with E-state index in [4.69, 9.17) is 0 Å². The minimum absolute atomic E-state index is 0.156. The van der Waals surface area contributed by atoms with Crippen LogP contribution in [0.4, 0.5) is 0 Å². The summed E-state index contributed by atoms with van der Waals surface area (Å²) in [6, 6.07) is 9.31. The van der Waals surface area contributed by atoms with Crippen LogP contribution >= 0.6 is 0 Å². The highest BCUT2D eigenvalue weighted by molar-refractivity contribution is 6.04. The van der Waals surface area contributed by atoms with Gasteiger partial charge in [-0.3, -0.25) is 9.78 Å². The fourth-order valence-electron chi connectivity index (χ4n) is 2.94. The summed E-state index contributed by atoms with van der Waals surface area (Å²) in [4.78, 5) is 16.9. The lowest BCUT2D eigenvalue weighted by Gasteiger charge is -2.33. The van der Waals surface area contributed by atoms with E-state index in [0.717, 1.165) is 23.7 Å². The van der Waals surface area contributed by atoms with Crippen LogP contribution in [0.3, 0.4) is 0 Å². The van der Waals surface area contributed by atoms with Gasteiger partial charge in [0.15, 0.2) is 5.78 Å². The number of hydrogen-bond acceptors (Lipinski definition) is 3. The zero-order valence-electron chi connectivity index (χ0n) is 11.7. The molecular weight excluding hydrogens is 250 g/mol. The Hall–Kier alpha value is -1.74. The van der Waals surface area contributed by atoms with Gasteiger partial charge >= 0.3 is 0 Å². The zero-order chi connectivity index (χ0) is 14.2. The Bertz CT molecular complexity index is 642. The molecule has 104 valence electrons. The van der Waals surface area contributed by atoms with Crippen molar-refractivity contribution in [2.75, 3.05) is 0 Å². The minimum Gasteiger partial charge on any atom is -0.382 e. The molecule has 1 saturated carbocycles. The molecule has 1 fully saturated rings. The van der Waals surface area contributed by atoms with Crippen LogP contribution in [-0.4, -0.2) is 21.5 Å². The van der Waals surface area contributed by atoms with Crippen LogP contribution in [0.15, 0.2) is 36.5 Å². The standard InChI is InChI=1S/C17H19NO2/c1-12-6-8-17(20,9-7-12)16(19)14-5-4-13-3-2-10-18-15(13)11-14/h2-5,10-12,20H,6-9H2,1H3. The predicted octanol–water partition coefficient (Wildman–Crippen LogP) is 3.36. The number of aromatic nitrogens is 1. The van der Waals surface area contributed by atoms with E-state index in [-0.39, 0.29) is 5.78 Å². The van der Waals surface area contributed by atoms with Gasteiger partial charge in [-0.2, -0.15) is 0 Å². The third-order valence-electron chi connectivity index (χ3n) is 4.39. The summed E-state index contributed by atoms with van der Waals surface area (Å²) in [5.41, 5.74) is 0.175. The molecule has 1 N–H and O–H groups in total. The molecule has 0 radical (unpaired) electrons. The number of aliphatic hydroxyl groups is 1. The monoisotopic (exact) mass is 269 g/mol. The molecule has 3 heteroatoms. The van der Waals surface area contributed by atoms with Crippen molar-refractivity contribution in [1.29, 1.82) is 0 Å². The second kappa shape index (κ2) is 4.98. The van der Waals surface area contributed by atoms with Gasteiger partial charge in [0.25, 0.3) is 0 Å². The zero-order valence-corrected chi connectivity index (χ0v) is 11.7. The predicted molar refractivity (Wildman–Crippen MR) is 78.7 cm³/mol. The average Bonchev–Trinajstić information content (AvgIpc) is 2.49. The highest BCUT2D eigenvalue weighted by Gasteiger charge is 2.39. The molecule has 0 atom stereocenters. The summed E-state index contributed by atoms with van der Waals surface area (Å²) in [5.74, 6) is 0.443. The smallest absolute Gasteiger partial charge is 0.194 e.